The van der Waals surface area contributed by atoms with Crippen molar-refractivity contribution in [1.29, 1.82) is 0 Å². The van der Waals surface area contributed by atoms with Crippen LogP contribution in [0.25, 0.3) is 0 Å². The second-order valence-corrected chi connectivity index (χ2v) is 3.79. The lowest BCUT2D eigenvalue weighted by molar-refractivity contribution is 0.310. The molecule has 3 N–H and O–H groups in total. The Morgan fingerprint density at radius 3 is 2.71 bits per heavy atom. The van der Waals surface area contributed by atoms with Crippen LogP contribution in [-0.4, -0.2) is 11.7 Å². The summed E-state index contributed by atoms with van der Waals surface area (Å²) in [6.45, 7) is 0.148. The molecule has 1 rings (SSSR count). The van der Waals surface area contributed by atoms with Gasteiger partial charge in [-0.05, 0) is 25.1 Å². The van der Waals surface area contributed by atoms with Crippen LogP contribution in [0, 0.1) is 5.82 Å². The highest BCUT2D eigenvalue weighted by molar-refractivity contribution is 9.10. The van der Waals surface area contributed by atoms with Gasteiger partial charge in [-0.3, -0.25) is 0 Å². The number of hydrogen-bond donors (Lipinski definition) is 2. The van der Waals surface area contributed by atoms with E-state index < -0.39 is 17.7 Å². The minimum absolute atomic E-state index is 0.0590. The van der Waals surface area contributed by atoms with Gasteiger partial charge in [0.15, 0.2) is 11.6 Å². The lowest BCUT2D eigenvalue weighted by Crippen LogP contribution is -2.04. The molecular weight excluding hydrogens is 256 g/mol. The van der Waals surface area contributed by atoms with Crippen molar-refractivity contribution in [3.8, 4) is 5.75 Å². The summed E-state index contributed by atoms with van der Waals surface area (Å²) in [5.74, 6) is -1.48. The average Bonchev–Trinajstić information content (AvgIpc) is 2.11. The Kier molecular flexibility index (Phi) is 3.83. The second-order valence-electron chi connectivity index (χ2n) is 2.87. The Morgan fingerprint density at radius 1 is 1.50 bits per heavy atom. The Balaban J connectivity index is 3.07. The molecule has 1 unspecified atom stereocenters. The molecule has 0 aromatic heterocycles. The fourth-order valence-corrected chi connectivity index (χ4v) is 1.57. The molecule has 0 saturated carbocycles. The van der Waals surface area contributed by atoms with Crippen molar-refractivity contribution in [3.05, 3.63) is 28.0 Å². The average molecular weight is 266 g/mol. The van der Waals surface area contributed by atoms with Crippen molar-refractivity contribution in [3.63, 3.8) is 0 Å². The van der Waals surface area contributed by atoms with E-state index in [1.807, 2.05) is 0 Å². The van der Waals surface area contributed by atoms with Gasteiger partial charge in [-0.15, -0.1) is 0 Å². The zero-order chi connectivity index (χ0) is 10.7. The Bertz CT molecular complexity index is 333. The van der Waals surface area contributed by atoms with E-state index in [1.165, 1.54) is 6.07 Å². The summed E-state index contributed by atoms with van der Waals surface area (Å²) in [4.78, 5) is 0. The van der Waals surface area contributed by atoms with Crippen LogP contribution in [0.15, 0.2) is 16.6 Å². The molecule has 0 radical (unpaired) electrons. The third-order valence-corrected chi connectivity index (χ3v) is 2.27. The number of hydrogen-bond acceptors (Lipinski definition) is 2. The number of halogens is 3. The Labute approximate surface area is 88.9 Å². The molecule has 2 nitrogen and oxygen atoms in total. The van der Waals surface area contributed by atoms with Crippen LogP contribution in [0.4, 0.5) is 8.78 Å². The smallest absolute Gasteiger partial charge is 0.166 e. The van der Waals surface area contributed by atoms with Gasteiger partial charge in [0, 0.05) is 10.0 Å². The maximum atomic E-state index is 13.3. The SMILES string of the molecule is NCCC(F)c1cc(Br)cc(F)c1O. The summed E-state index contributed by atoms with van der Waals surface area (Å²) in [6.07, 6.45) is -1.38. The molecular formula is C9H10BrF2NO. The van der Waals surface area contributed by atoms with Gasteiger partial charge in [0.25, 0.3) is 0 Å². The quantitative estimate of drug-likeness (QED) is 0.883. The fourth-order valence-electron chi connectivity index (χ4n) is 1.13. The predicted molar refractivity (Wildman–Crippen MR) is 53.3 cm³/mol. The highest BCUT2D eigenvalue weighted by atomic mass is 79.9. The van der Waals surface area contributed by atoms with E-state index in [0.29, 0.717) is 4.47 Å². The normalized spacial score (nSPS) is 12.9. The molecule has 0 bridgehead atoms. The van der Waals surface area contributed by atoms with Crippen molar-refractivity contribution < 1.29 is 13.9 Å². The van der Waals surface area contributed by atoms with Crippen LogP contribution in [-0.2, 0) is 0 Å². The first kappa shape index (κ1) is 11.4. The summed E-state index contributed by atoms with van der Waals surface area (Å²) in [7, 11) is 0. The highest BCUT2D eigenvalue weighted by Crippen LogP contribution is 2.33. The molecule has 1 aromatic rings. The van der Waals surface area contributed by atoms with Crippen molar-refractivity contribution in [1.82, 2.24) is 0 Å². The zero-order valence-electron chi connectivity index (χ0n) is 7.30. The summed E-state index contributed by atoms with van der Waals surface area (Å²) in [5, 5.41) is 9.24. The first-order valence-corrected chi connectivity index (χ1v) is 4.87. The van der Waals surface area contributed by atoms with Gasteiger partial charge in [0.05, 0.1) is 0 Å². The first-order chi connectivity index (χ1) is 6.56. The number of phenols is 1. The molecule has 0 fully saturated rings. The molecule has 0 heterocycles. The molecule has 0 amide bonds. The molecule has 0 aliphatic rings. The lowest BCUT2D eigenvalue weighted by atomic mass is 10.1. The van der Waals surface area contributed by atoms with Crippen LogP contribution in [0.3, 0.4) is 0 Å². The third-order valence-electron chi connectivity index (χ3n) is 1.82. The van der Waals surface area contributed by atoms with Gasteiger partial charge in [-0.1, -0.05) is 15.9 Å². The van der Waals surface area contributed by atoms with Gasteiger partial charge in [-0.25, -0.2) is 8.78 Å². The van der Waals surface area contributed by atoms with Crippen molar-refractivity contribution in [2.75, 3.05) is 6.54 Å². The van der Waals surface area contributed by atoms with E-state index in [0.717, 1.165) is 6.07 Å². The Morgan fingerprint density at radius 2 is 2.14 bits per heavy atom. The monoisotopic (exact) mass is 265 g/mol. The minimum atomic E-state index is -1.44. The standard InChI is InChI=1S/C9H10BrF2NO/c10-5-3-6(7(11)1-2-13)9(14)8(12)4-5/h3-4,7,14H,1-2,13H2. The van der Waals surface area contributed by atoms with Gasteiger partial charge >= 0.3 is 0 Å². The Hall–Kier alpha value is -0.680. The maximum Gasteiger partial charge on any atom is 0.166 e. The lowest BCUT2D eigenvalue weighted by Gasteiger charge is -2.10. The summed E-state index contributed by atoms with van der Waals surface area (Å²) in [5.41, 5.74) is 5.10. The van der Waals surface area contributed by atoms with Crippen LogP contribution in [0.1, 0.15) is 18.2 Å². The molecule has 0 spiro atoms. The minimum Gasteiger partial charge on any atom is -0.505 e. The van der Waals surface area contributed by atoms with Crippen molar-refractivity contribution >= 4 is 15.9 Å². The molecule has 0 saturated heterocycles. The molecule has 1 aromatic carbocycles. The topological polar surface area (TPSA) is 46.2 Å². The molecule has 0 aliphatic carbocycles. The number of aromatic hydroxyl groups is 1. The molecule has 5 heteroatoms. The molecule has 1 atom stereocenters. The van der Waals surface area contributed by atoms with E-state index in [2.05, 4.69) is 15.9 Å². The molecule has 78 valence electrons. The largest absolute Gasteiger partial charge is 0.505 e. The first-order valence-electron chi connectivity index (χ1n) is 4.08. The van der Waals surface area contributed by atoms with E-state index in [-0.39, 0.29) is 18.5 Å². The van der Waals surface area contributed by atoms with Crippen LogP contribution >= 0.6 is 15.9 Å². The van der Waals surface area contributed by atoms with Crippen LogP contribution < -0.4 is 5.73 Å². The number of benzene rings is 1. The number of rotatable bonds is 3. The van der Waals surface area contributed by atoms with Crippen LogP contribution in [0.5, 0.6) is 5.75 Å². The maximum absolute atomic E-state index is 13.3. The third kappa shape index (κ3) is 2.42. The number of alkyl halides is 1. The molecule has 14 heavy (non-hydrogen) atoms. The van der Waals surface area contributed by atoms with Crippen molar-refractivity contribution in [2.24, 2.45) is 5.73 Å². The van der Waals surface area contributed by atoms with E-state index in [9.17, 15) is 13.9 Å². The second kappa shape index (κ2) is 4.70. The van der Waals surface area contributed by atoms with Gasteiger partial charge in [-0.2, -0.15) is 0 Å². The molecule has 0 aliphatic heterocycles. The summed E-state index contributed by atoms with van der Waals surface area (Å²) < 4.78 is 26.7. The van der Waals surface area contributed by atoms with E-state index in [1.54, 1.807) is 0 Å². The van der Waals surface area contributed by atoms with Gasteiger partial charge in [0.1, 0.15) is 6.17 Å². The highest BCUT2D eigenvalue weighted by Gasteiger charge is 2.17. The van der Waals surface area contributed by atoms with E-state index in [4.69, 9.17) is 5.73 Å². The number of nitrogens with two attached hydrogens (primary N) is 1. The fraction of sp³-hybridized carbons (Fsp3) is 0.333. The summed E-state index contributed by atoms with van der Waals surface area (Å²) >= 11 is 3.02. The van der Waals surface area contributed by atoms with Crippen molar-refractivity contribution in [2.45, 2.75) is 12.6 Å². The summed E-state index contributed by atoms with van der Waals surface area (Å²) in [6, 6.07) is 2.42. The number of phenolic OH excluding ortho intramolecular Hbond substituents is 1. The van der Waals surface area contributed by atoms with Gasteiger partial charge < -0.3 is 10.8 Å². The zero-order valence-corrected chi connectivity index (χ0v) is 8.89. The van der Waals surface area contributed by atoms with Crippen LogP contribution in [0.2, 0.25) is 0 Å². The van der Waals surface area contributed by atoms with E-state index >= 15 is 0 Å². The van der Waals surface area contributed by atoms with Gasteiger partial charge in [0.2, 0.25) is 0 Å². The predicted octanol–water partition coefficient (Wildman–Crippen LogP) is 2.65.